The van der Waals surface area contributed by atoms with Crippen molar-refractivity contribution in [3.63, 3.8) is 0 Å². The molecule has 0 saturated carbocycles. The summed E-state index contributed by atoms with van der Waals surface area (Å²) in [6.45, 7) is 7.94. The summed E-state index contributed by atoms with van der Waals surface area (Å²) in [4.78, 5) is 3.14. The van der Waals surface area contributed by atoms with Crippen LogP contribution in [-0.4, -0.2) is 4.98 Å². The Morgan fingerprint density at radius 1 is 1.40 bits per heavy atom. The summed E-state index contributed by atoms with van der Waals surface area (Å²) in [5, 5.41) is 0.930. The van der Waals surface area contributed by atoms with E-state index in [0.717, 1.165) is 16.5 Å². The molecule has 1 heterocycles. The number of H-pyrrole nitrogens is 1. The summed E-state index contributed by atoms with van der Waals surface area (Å²) in [5.41, 5.74) is 1.89. The van der Waals surface area contributed by atoms with Crippen LogP contribution in [0.4, 0.5) is 4.39 Å². The van der Waals surface area contributed by atoms with Gasteiger partial charge in [-0.25, -0.2) is 4.39 Å². The highest BCUT2D eigenvalue weighted by Crippen LogP contribution is 2.31. The molecule has 1 nitrogen and oxygen atoms in total. The third kappa shape index (κ3) is 1.56. The highest BCUT2D eigenvalue weighted by Gasteiger charge is 2.20. The summed E-state index contributed by atoms with van der Waals surface area (Å²) in [6, 6.07) is 4.78. The third-order valence-electron chi connectivity index (χ3n) is 2.85. The Balaban J connectivity index is 2.72. The quantitative estimate of drug-likeness (QED) is 0.715. The number of fused-ring (bicyclic) bond motifs is 1. The fourth-order valence-electron chi connectivity index (χ4n) is 1.74. The number of allylic oxidation sites excluding steroid dienone is 1. The second-order valence-corrected chi connectivity index (χ2v) is 4.32. The summed E-state index contributed by atoms with van der Waals surface area (Å²) < 4.78 is 13.1. The first-order chi connectivity index (χ1) is 7.04. The smallest absolute Gasteiger partial charge is 0.123 e. The van der Waals surface area contributed by atoms with Crippen LogP contribution < -0.4 is 0 Å². The van der Waals surface area contributed by atoms with E-state index < -0.39 is 0 Å². The molecule has 1 N–H and O–H groups in total. The van der Waals surface area contributed by atoms with Crippen molar-refractivity contribution in [1.29, 1.82) is 0 Å². The van der Waals surface area contributed by atoms with Crippen LogP contribution in [0, 0.1) is 5.82 Å². The summed E-state index contributed by atoms with van der Waals surface area (Å²) in [7, 11) is 0. The van der Waals surface area contributed by atoms with Crippen LogP contribution in [0.25, 0.3) is 10.9 Å². The Hall–Kier alpha value is -1.57. The van der Waals surface area contributed by atoms with Crippen molar-refractivity contribution in [2.45, 2.75) is 19.3 Å². The molecule has 0 aliphatic carbocycles. The van der Waals surface area contributed by atoms with Crippen molar-refractivity contribution < 1.29 is 4.39 Å². The normalized spacial score (nSPS) is 11.9. The number of nitrogens with one attached hydrogen (secondary N) is 1. The van der Waals surface area contributed by atoms with Gasteiger partial charge in [-0.1, -0.05) is 19.9 Å². The SMILES string of the molecule is C=CC(C)(C)c1c[nH]c2ccc(F)cc12. The molecule has 0 unspecified atom stereocenters. The molecular formula is C13H14FN. The molecule has 1 aromatic heterocycles. The molecule has 0 atom stereocenters. The Bertz CT molecular complexity index is 508. The standard InChI is InChI=1S/C13H14FN/c1-4-13(2,3)11-8-15-12-6-5-9(14)7-10(11)12/h4-8,15H,1H2,2-3H3. The van der Waals surface area contributed by atoms with Crippen LogP contribution in [0.1, 0.15) is 19.4 Å². The van der Waals surface area contributed by atoms with Gasteiger partial charge in [-0.2, -0.15) is 0 Å². The van der Waals surface area contributed by atoms with Gasteiger partial charge in [-0.3, -0.25) is 0 Å². The number of hydrogen-bond acceptors (Lipinski definition) is 0. The zero-order valence-electron chi connectivity index (χ0n) is 8.97. The van der Waals surface area contributed by atoms with Gasteiger partial charge in [0.05, 0.1) is 0 Å². The molecule has 0 aliphatic rings. The zero-order chi connectivity index (χ0) is 11.1. The maximum Gasteiger partial charge on any atom is 0.123 e. The second kappa shape index (κ2) is 3.23. The molecule has 0 spiro atoms. The van der Waals surface area contributed by atoms with E-state index in [9.17, 15) is 4.39 Å². The van der Waals surface area contributed by atoms with Gasteiger partial charge in [0.2, 0.25) is 0 Å². The monoisotopic (exact) mass is 203 g/mol. The molecule has 0 aliphatic heterocycles. The minimum Gasteiger partial charge on any atom is -0.361 e. The largest absolute Gasteiger partial charge is 0.361 e. The van der Waals surface area contributed by atoms with Gasteiger partial charge in [-0.05, 0) is 23.8 Å². The van der Waals surface area contributed by atoms with E-state index in [1.807, 2.05) is 12.3 Å². The van der Waals surface area contributed by atoms with Gasteiger partial charge in [0.15, 0.2) is 0 Å². The van der Waals surface area contributed by atoms with E-state index in [1.165, 1.54) is 6.07 Å². The molecule has 1 aromatic carbocycles. The molecule has 2 rings (SSSR count). The first kappa shape index (κ1) is 9.97. The van der Waals surface area contributed by atoms with Crippen molar-refractivity contribution in [3.8, 4) is 0 Å². The van der Waals surface area contributed by atoms with E-state index >= 15 is 0 Å². The minimum absolute atomic E-state index is 0.147. The molecule has 0 amide bonds. The highest BCUT2D eigenvalue weighted by atomic mass is 19.1. The Labute approximate surface area is 88.6 Å². The molecular weight excluding hydrogens is 189 g/mol. The van der Waals surface area contributed by atoms with Gasteiger partial charge >= 0.3 is 0 Å². The first-order valence-electron chi connectivity index (χ1n) is 4.95. The van der Waals surface area contributed by atoms with Crippen LogP contribution in [0.15, 0.2) is 37.1 Å². The predicted octanol–water partition coefficient (Wildman–Crippen LogP) is 3.77. The Morgan fingerprint density at radius 3 is 2.80 bits per heavy atom. The highest BCUT2D eigenvalue weighted by molar-refractivity contribution is 5.84. The van der Waals surface area contributed by atoms with Crippen molar-refractivity contribution in [3.05, 3.63) is 48.4 Å². The molecule has 0 bridgehead atoms. The van der Waals surface area contributed by atoms with Gasteiger partial charge in [0.25, 0.3) is 0 Å². The lowest BCUT2D eigenvalue weighted by atomic mass is 9.85. The van der Waals surface area contributed by atoms with Gasteiger partial charge in [-0.15, -0.1) is 6.58 Å². The first-order valence-corrected chi connectivity index (χ1v) is 4.95. The number of benzene rings is 1. The molecule has 0 fully saturated rings. The summed E-state index contributed by atoms with van der Waals surface area (Å²) in [5.74, 6) is -0.205. The maximum atomic E-state index is 13.1. The van der Waals surface area contributed by atoms with Crippen molar-refractivity contribution in [2.24, 2.45) is 0 Å². The van der Waals surface area contributed by atoms with E-state index in [2.05, 4.69) is 25.4 Å². The number of aromatic nitrogens is 1. The molecule has 15 heavy (non-hydrogen) atoms. The number of halogens is 1. The topological polar surface area (TPSA) is 15.8 Å². The molecule has 2 heteroatoms. The lowest BCUT2D eigenvalue weighted by Crippen LogP contribution is -2.11. The van der Waals surface area contributed by atoms with Gasteiger partial charge < -0.3 is 4.98 Å². The zero-order valence-corrected chi connectivity index (χ0v) is 8.97. The van der Waals surface area contributed by atoms with Crippen molar-refractivity contribution in [2.75, 3.05) is 0 Å². The van der Waals surface area contributed by atoms with E-state index in [4.69, 9.17) is 0 Å². The number of aromatic amines is 1. The Morgan fingerprint density at radius 2 is 2.13 bits per heavy atom. The van der Waals surface area contributed by atoms with Crippen LogP contribution in [0.3, 0.4) is 0 Å². The van der Waals surface area contributed by atoms with Crippen LogP contribution >= 0.6 is 0 Å². The maximum absolute atomic E-state index is 13.1. The molecule has 78 valence electrons. The van der Waals surface area contributed by atoms with Gasteiger partial charge in [0, 0.05) is 22.5 Å². The van der Waals surface area contributed by atoms with E-state index in [1.54, 1.807) is 12.1 Å². The van der Waals surface area contributed by atoms with Crippen LogP contribution in [-0.2, 0) is 5.41 Å². The van der Waals surface area contributed by atoms with Crippen LogP contribution in [0.5, 0.6) is 0 Å². The average Bonchev–Trinajstić information content (AvgIpc) is 2.61. The Kier molecular flexibility index (Phi) is 2.14. The number of rotatable bonds is 2. The predicted molar refractivity (Wildman–Crippen MR) is 61.5 cm³/mol. The lowest BCUT2D eigenvalue weighted by Gasteiger charge is -2.18. The molecule has 0 saturated heterocycles. The van der Waals surface area contributed by atoms with Crippen LogP contribution in [0.2, 0.25) is 0 Å². The molecule has 2 aromatic rings. The van der Waals surface area contributed by atoms with Crippen molar-refractivity contribution in [1.82, 2.24) is 4.98 Å². The fourth-order valence-corrected chi connectivity index (χ4v) is 1.74. The summed E-state index contributed by atoms with van der Waals surface area (Å²) >= 11 is 0. The van der Waals surface area contributed by atoms with Gasteiger partial charge in [0.1, 0.15) is 5.82 Å². The van der Waals surface area contributed by atoms with E-state index in [0.29, 0.717) is 0 Å². The summed E-state index contributed by atoms with van der Waals surface area (Å²) in [6.07, 6.45) is 3.80. The lowest BCUT2D eigenvalue weighted by molar-refractivity contribution is 0.628. The second-order valence-electron chi connectivity index (χ2n) is 4.32. The average molecular weight is 203 g/mol. The molecule has 0 radical (unpaired) electrons. The number of hydrogen-bond donors (Lipinski definition) is 1. The fraction of sp³-hybridized carbons (Fsp3) is 0.231. The minimum atomic E-state index is -0.205. The third-order valence-corrected chi connectivity index (χ3v) is 2.85. The van der Waals surface area contributed by atoms with Crippen molar-refractivity contribution >= 4 is 10.9 Å². The van der Waals surface area contributed by atoms with E-state index in [-0.39, 0.29) is 11.2 Å².